The molecule has 0 aromatic carbocycles. The smallest absolute Gasteiger partial charge is 0.128 e. The Bertz CT molecular complexity index is 278. The SMILES string of the molecule is CSC(C)CCNc1cccc(N)n1. The molecule has 0 bridgehead atoms. The maximum atomic E-state index is 5.56. The first-order valence-electron chi connectivity index (χ1n) is 4.71. The van der Waals surface area contributed by atoms with Crippen LogP contribution in [0.25, 0.3) is 0 Å². The Morgan fingerprint density at radius 2 is 2.36 bits per heavy atom. The second kappa shape index (κ2) is 5.75. The Morgan fingerprint density at radius 3 is 3.00 bits per heavy atom. The van der Waals surface area contributed by atoms with E-state index < -0.39 is 0 Å². The molecule has 1 rings (SSSR count). The number of pyridine rings is 1. The van der Waals surface area contributed by atoms with E-state index in [2.05, 4.69) is 23.5 Å². The molecule has 0 aliphatic heterocycles. The highest BCUT2D eigenvalue weighted by molar-refractivity contribution is 7.99. The zero-order valence-electron chi connectivity index (χ0n) is 8.66. The highest BCUT2D eigenvalue weighted by atomic mass is 32.2. The molecule has 3 N–H and O–H groups in total. The lowest BCUT2D eigenvalue weighted by atomic mass is 10.3. The van der Waals surface area contributed by atoms with Crippen LogP contribution in [0.2, 0.25) is 0 Å². The summed E-state index contributed by atoms with van der Waals surface area (Å²) in [4.78, 5) is 4.16. The van der Waals surface area contributed by atoms with Crippen LogP contribution in [-0.2, 0) is 0 Å². The van der Waals surface area contributed by atoms with Crippen LogP contribution in [0, 0.1) is 0 Å². The molecule has 4 heteroatoms. The molecule has 14 heavy (non-hydrogen) atoms. The van der Waals surface area contributed by atoms with E-state index in [4.69, 9.17) is 5.73 Å². The molecule has 0 saturated heterocycles. The van der Waals surface area contributed by atoms with Crippen molar-refractivity contribution in [3.63, 3.8) is 0 Å². The van der Waals surface area contributed by atoms with Crippen molar-refractivity contribution in [2.45, 2.75) is 18.6 Å². The van der Waals surface area contributed by atoms with Crippen molar-refractivity contribution in [3.8, 4) is 0 Å². The average Bonchev–Trinajstić information content (AvgIpc) is 2.17. The number of thioether (sulfide) groups is 1. The normalized spacial score (nSPS) is 12.4. The molecular formula is C10H17N3S. The molecular weight excluding hydrogens is 194 g/mol. The Labute approximate surface area is 89.5 Å². The van der Waals surface area contributed by atoms with Gasteiger partial charge < -0.3 is 11.1 Å². The Kier molecular flexibility index (Phi) is 4.59. The van der Waals surface area contributed by atoms with Gasteiger partial charge in [-0.3, -0.25) is 0 Å². The van der Waals surface area contributed by atoms with Crippen molar-refractivity contribution in [2.24, 2.45) is 0 Å². The Hall–Kier alpha value is -0.900. The fourth-order valence-corrected chi connectivity index (χ4v) is 1.42. The molecule has 1 aromatic heterocycles. The molecule has 0 amide bonds. The molecule has 3 nitrogen and oxygen atoms in total. The summed E-state index contributed by atoms with van der Waals surface area (Å²) in [5.74, 6) is 1.42. The minimum atomic E-state index is 0.563. The van der Waals surface area contributed by atoms with Crippen molar-refractivity contribution in [3.05, 3.63) is 18.2 Å². The van der Waals surface area contributed by atoms with Crippen molar-refractivity contribution >= 4 is 23.4 Å². The summed E-state index contributed by atoms with van der Waals surface area (Å²) in [6.45, 7) is 3.16. The van der Waals surface area contributed by atoms with Crippen molar-refractivity contribution in [1.29, 1.82) is 0 Å². The lowest BCUT2D eigenvalue weighted by Gasteiger charge is -2.09. The van der Waals surface area contributed by atoms with E-state index in [0.29, 0.717) is 11.1 Å². The highest BCUT2D eigenvalue weighted by Crippen LogP contribution is 2.10. The predicted octanol–water partition coefficient (Wildman–Crippen LogP) is 2.22. The van der Waals surface area contributed by atoms with E-state index in [1.165, 1.54) is 0 Å². The second-order valence-electron chi connectivity index (χ2n) is 3.21. The van der Waals surface area contributed by atoms with Gasteiger partial charge in [0.1, 0.15) is 11.6 Å². The predicted molar refractivity (Wildman–Crippen MR) is 64.7 cm³/mol. The lowest BCUT2D eigenvalue weighted by molar-refractivity contribution is 0.850. The molecule has 0 radical (unpaired) electrons. The van der Waals surface area contributed by atoms with Crippen LogP contribution in [0.5, 0.6) is 0 Å². The van der Waals surface area contributed by atoms with Crippen LogP contribution < -0.4 is 11.1 Å². The van der Waals surface area contributed by atoms with Crippen molar-refractivity contribution < 1.29 is 0 Å². The first-order chi connectivity index (χ1) is 6.72. The molecule has 0 fully saturated rings. The summed E-state index contributed by atoms with van der Waals surface area (Å²) in [5.41, 5.74) is 5.56. The standard InChI is InChI=1S/C10H17N3S/c1-8(14-2)6-7-12-10-5-3-4-9(11)13-10/h3-5,8H,6-7H2,1-2H3,(H3,11,12,13). The fraction of sp³-hybridized carbons (Fsp3) is 0.500. The third-order valence-electron chi connectivity index (χ3n) is 2.03. The number of rotatable bonds is 5. The third kappa shape index (κ3) is 3.87. The highest BCUT2D eigenvalue weighted by Gasteiger charge is 1.99. The van der Waals surface area contributed by atoms with Gasteiger partial charge in [-0.15, -0.1) is 0 Å². The number of nitrogens with two attached hydrogens (primary N) is 1. The fourth-order valence-electron chi connectivity index (χ4n) is 1.07. The first kappa shape index (κ1) is 11.2. The van der Waals surface area contributed by atoms with Crippen LogP contribution in [0.3, 0.4) is 0 Å². The zero-order chi connectivity index (χ0) is 10.4. The summed E-state index contributed by atoms with van der Waals surface area (Å²) in [6.07, 6.45) is 3.26. The van der Waals surface area contributed by atoms with Gasteiger partial charge in [-0.05, 0) is 24.8 Å². The van der Waals surface area contributed by atoms with Gasteiger partial charge in [0.2, 0.25) is 0 Å². The zero-order valence-corrected chi connectivity index (χ0v) is 9.47. The van der Waals surface area contributed by atoms with Gasteiger partial charge in [0.25, 0.3) is 0 Å². The molecule has 78 valence electrons. The van der Waals surface area contributed by atoms with Gasteiger partial charge in [0, 0.05) is 11.8 Å². The summed E-state index contributed by atoms with van der Waals surface area (Å²) in [7, 11) is 0. The van der Waals surface area contributed by atoms with E-state index >= 15 is 0 Å². The second-order valence-corrected chi connectivity index (χ2v) is 4.49. The summed E-state index contributed by atoms with van der Waals surface area (Å²) in [5, 5.41) is 3.93. The maximum absolute atomic E-state index is 5.56. The van der Waals surface area contributed by atoms with E-state index in [1.807, 2.05) is 23.9 Å². The molecule has 0 aliphatic carbocycles. The van der Waals surface area contributed by atoms with Crippen LogP contribution in [0.15, 0.2) is 18.2 Å². The number of nitrogens with one attached hydrogen (secondary N) is 1. The van der Waals surface area contributed by atoms with Gasteiger partial charge in [-0.25, -0.2) is 4.98 Å². The lowest BCUT2D eigenvalue weighted by Crippen LogP contribution is -2.09. The number of nitrogen functional groups attached to an aromatic ring is 1. The molecule has 1 heterocycles. The molecule has 0 saturated carbocycles. The van der Waals surface area contributed by atoms with Crippen LogP contribution in [0.1, 0.15) is 13.3 Å². The number of aromatic nitrogens is 1. The third-order valence-corrected chi connectivity index (χ3v) is 3.07. The van der Waals surface area contributed by atoms with Crippen LogP contribution in [-0.4, -0.2) is 23.0 Å². The molecule has 0 spiro atoms. The van der Waals surface area contributed by atoms with Gasteiger partial charge >= 0.3 is 0 Å². The van der Waals surface area contributed by atoms with E-state index in [1.54, 1.807) is 6.07 Å². The Balaban J connectivity index is 2.31. The molecule has 1 aromatic rings. The van der Waals surface area contributed by atoms with Crippen molar-refractivity contribution in [2.75, 3.05) is 23.9 Å². The first-order valence-corrected chi connectivity index (χ1v) is 6.00. The van der Waals surface area contributed by atoms with Crippen molar-refractivity contribution in [1.82, 2.24) is 4.98 Å². The number of anilines is 2. The summed E-state index contributed by atoms with van der Waals surface area (Å²) >= 11 is 1.88. The van der Waals surface area contributed by atoms with Gasteiger partial charge in [-0.1, -0.05) is 13.0 Å². The minimum absolute atomic E-state index is 0.563. The topological polar surface area (TPSA) is 50.9 Å². The van der Waals surface area contributed by atoms with Gasteiger partial charge in [-0.2, -0.15) is 11.8 Å². The quantitative estimate of drug-likeness (QED) is 0.784. The number of hydrogen-bond donors (Lipinski definition) is 2. The summed E-state index contributed by atoms with van der Waals surface area (Å²) in [6, 6.07) is 5.62. The average molecular weight is 211 g/mol. The van der Waals surface area contributed by atoms with Crippen LogP contribution >= 0.6 is 11.8 Å². The van der Waals surface area contributed by atoms with Crippen LogP contribution in [0.4, 0.5) is 11.6 Å². The minimum Gasteiger partial charge on any atom is -0.384 e. The van der Waals surface area contributed by atoms with E-state index in [0.717, 1.165) is 18.8 Å². The van der Waals surface area contributed by atoms with Gasteiger partial charge in [0.05, 0.1) is 0 Å². The maximum Gasteiger partial charge on any atom is 0.128 e. The van der Waals surface area contributed by atoms with E-state index in [9.17, 15) is 0 Å². The van der Waals surface area contributed by atoms with E-state index in [-0.39, 0.29) is 0 Å². The largest absolute Gasteiger partial charge is 0.384 e. The monoisotopic (exact) mass is 211 g/mol. The molecule has 0 aliphatic rings. The number of nitrogens with zero attached hydrogens (tertiary/aromatic N) is 1. The molecule has 1 unspecified atom stereocenters. The molecule has 1 atom stereocenters. The summed E-state index contributed by atoms with van der Waals surface area (Å²) < 4.78 is 0. The Morgan fingerprint density at radius 1 is 1.57 bits per heavy atom. The van der Waals surface area contributed by atoms with Gasteiger partial charge in [0.15, 0.2) is 0 Å². The number of hydrogen-bond acceptors (Lipinski definition) is 4.